The van der Waals surface area contributed by atoms with Gasteiger partial charge in [-0.2, -0.15) is 0 Å². The highest BCUT2D eigenvalue weighted by atomic mass is 16.5. The smallest absolute Gasteiger partial charge is 0.220 e. The normalized spacial score (nSPS) is 10.4. The molecule has 0 aliphatic carbocycles. The van der Waals surface area contributed by atoms with Crippen molar-refractivity contribution in [3.05, 3.63) is 24.3 Å². The van der Waals surface area contributed by atoms with Gasteiger partial charge in [0.05, 0.1) is 12.2 Å². The Morgan fingerprint density at radius 3 is 2.78 bits per heavy atom. The van der Waals surface area contributed by atoms with Crippen molar-refractivity contribution in [2.24, 2.45) is 5.92 Å². The van der Waals surface area contributed by atoms with Crippen molar-refractivity contribution in [1.82, 2.24) is 5.32 Å². The minimum absolute atomic E-state index is 0.0772. The molecule has 0 aliphatic rings. The number of carbonyl (C=O) groups is 1. The summed E-state index contributed by atoms with van der Waals surface area (Å²) in [7, 11) is 0. The number of rotatable bonds is 7. The zero-order valence-corrected chi connectivity index (χ0v) is 11.1. The van der Waals surface area contributed by atoms with Gasteiger partial charge in [0.25, 0.3) is 0 Å². The van der Waals surface area contributed by atoms with Gasteiger partial charge in [0.1, 0.15) is 12.4 Å². The minimum Gasteiger partial charge on any atom is -0.490 e. The number of nitrogens with one attached hydrogen (secondary N) is 1. The first-order valence-electron chi connectivity index (χ1n) is 6.33. The van der Waals surface area contributed by atoms with E-state index in [1.807, 2.05) is 18.2 Å². The number of benzene rings is 1. The van der Waals surface area contributed by atoms with Crippen LogP contribution in [0.3, 0.4) is 0 Å². The molecule has 1 aromatic rings. The first-order chi connectivity index (χ1) is 8.59. The number of para-hydroxylation sites is 2. The van der Waals surface area contributed by atoms with E-state index < -0.39 is 0 Å². The lowest BCUT2D eigenvalue weighted by molar-refractivity contribution is -0.121. The van der Waals surface area contributed by atoms with Crippen LogP contribution in [0, 0.1) is 5.92 Å². The van der Waals surface area contributed by atoms with Gasteiger partial charge < -0.3 is 15.8 Å². The van der Waals surface area contributed by atoms with Crippen LogP contribution < -0.4 is 15.8 Å². The van der Waals surface area contributed by atoms with Gasteiger partial charge in [0.2, 0.25) is 5.91 Å². The van der Waals surface area contributed by atoms with Crippen molar-refractivity contribution in [3.63, 3.8) is 0 Å². The van der Waals surface area contributed by atoms with Crippen LogP contribution in [-0.4, -0.2) is 19.1 Å². The van der Waals surface area contributed by atoms with Crippen LogP contribution in [-0.2, 0) is 4.79 Å². The Morgan fingerprint density at radius 2 is 2.11 bits per heavy atom. The third kappa shape index (κ3) is 5.57. The molecule has 0 aliphatic heterocycles. The second-order valence-corrected chi connectivity index (χ2v) is 4.67. The van der Waals surface area contributed by atoms with Crippen molar-refractivity contribution in [2.75, 3.05) is 18.9 Å². The summed E-state index contributed by atoms with van der Waals surface area (Å²) < 4.78 is 5.47. The maximum absolute atomic E-state index is 11.4. The van der Waals surface area contributed by atoms with E-state index in [0.29, 0.717) is 36.9 Å². The fourth-order valence-electron chi connectivity index (χ4n) is 1.47. The van der Waals surface area contributed by atoms with E-state index in [0.717, 1.165) is 6.42 Å². The molecule has 0 atom stereocenters. The molecule has 0 saturated carbocycles. The number of carbonyl (C=O) groups excluding carboxylic acids is 1. The van der Waals surface area contributed by atoms with Crippen LogP contribution in [0.25, 0.3) is 0 Å². The van der Waals surface area contributed by atoms with E-state index >= 15 is 0 Å². The van der Waals surface area contributed by atoms with Gasteiger partial charge in [0, 0.05) is 6.42 Å². The van der Waals surface area contributed by atoms with Gasteiger partial charge in [-0.15, -0.1) is 0 Å². The number of nitrogens with two attached hydrogens (primary N) is 1. The number of hydrogen-bond donors (Lipinski definition) is 2. The standard InChI is InChI=1S/C14H22N2O2/c1-11(2)7-8-14(17)16-9-10-18-13-6-4-3-5-12(13)15/h3-6,11H,7-10,15H2,1-2H3,(H,16,17). The Balaban J connectivity index is 2.15. The first kappa shape index (κ1) is 14.4. The molecule has 1 rings (SSSR count). The molecule has 0 fully saturated rings. The Morgan fingerprint density at radius 1 is 1.39 bits per heavy atom. The number of nitrogen functional groups attached to an aromatic ring is 1. The molecule has 0 spiro atoms. The molecule has 18 heavy (non-hydrogen) atoms. The van der Waals surface area contributed by atoms with Crippen molar-refractivity contribution in [3.8, 4) is 5.75 Å². The second kappa shape index (κ2) is 7.58. The summed E-state index contributed by atoms with van der Waals surface area (Å²) in [5, 5.41) is 2.82. The third-order valence-electron chi connectivity index (χ3n) is 2.55. The molecule has 3 N–H and O–H groups in total. The SMILES string of the molecule is CC(C)CCC(=O)NCCOc1ccccc1N. The van der Waals surface area contributed by atoms with Gasteiger partial charge in [-0.1, -0.05) is 26.0 Å². The molecule has 0 bridgehead atoms. The van der Waals surface area contributed by atoms with Gasteiger partial charge in [-0.25, -0.2) is 0 Å². The molecule has 4 heteroatoms. The van der Waals surface area contributed by atoms with Crippen molar-refractivity contribution in [1.29, 1.82) is 0 Å². The van der Waals surface area contributed by atoms with E-state index in [9.17, 15) is 4.79 Å². The highest BCUT2D eigenvalue weighted by molar-refractivity contribution is 5.75. The average molecular weight is 250 g/mol. The summed E-state index contributed by atoms with van der Waals surface area (Å²) in [6.45, 7) is 5.15. The molecule has 0 aromatic heterocycles. The summed E-state index contributed by atoms with van der Waals surface area (Å²) in [5.74, 6) is 1.29. The lowest BCUT2D eigenvalue weighted by Gasteiger charge is -2.10. The van der Waals surface area contributed by atoms with E-state index in [4.69, 9.17) is 10.5 Å². The van der Waals surface area contributed by atoms with Gasteiger partial charge in [-0.05, 0) is 24.5 Å². The number of anilines is 1. The van der Waals surface area contributed by atoms with Gasteiger partial charge in [-0.3, -0.25) is 4.79 Å². The van der Waals surface area contributed by atoms with E-state index in [1.165, 1.54) is 0 Å². The Hall–Kier alpha value is -1.71. The maximum atomic E-state index is 11.4. The monoisotopic (exact) mass is 250 g/mol. The highest BCUT2D eigenvalue weighted by Gasteiger charge is 2.03. The summed E-state index contributed by atoms with van der Waals surface area (Å²) in [6, 6.07) is 7.33. The lowest BCUT2D eigenvalue weighted by Crippen LogP contribution is -2.28. The Kier molecular flexibility index (Phi) is 6.05. The van der Waals surface area contributed by atoms with Crippen LogP contribution in [0.1, 0.15) is 26.7 Å². The predicted molar refractivity (Wildman–Crippen MR) is 73.4 cm³/mol. The highest BCUT2D eigenvalue weighted by Crippen LogP contribution is 2.19. The number of amides is 1. The molecule has 1 aromatic carbocycles. The van der Waals surface area contributed by atoms with Crippen LogP contribution in [0.4, 0.5) is 5.69 Å². The molecule has 0 radical (unpaired) electrons. The van der Waals surface area contributed by atoms with Crippen LogP contribution in [0.5, 0.6) is 5.75 Å². The summed E-state index contributed by atoms with van der Waals surface area (Å²) in [6.07, 6.45) is 1.49. The van der Waals surface area contributed by atoms with E-state index in [-0.39, 0.29) is 5.91 Å². The molecule has 0 saturated heterocycles. The summed E-state index contributed by atoms with van der Waals surface area (Å²) >= 11 is 0. The molecule has 0 unspecified atom stereocenters. The molecule has 1 amide bonds. The summed E-state index contributed by atoms with van der Waals surface area (Å²) in [5.41, 5.74) is 6.35. The third-order valence-corrected chi connectivity index (χ3v) is 2.55. The maximum Gasteiger partial charge on any atom is 0.220 e. The van der Waals surface area contributed by atoms with Crippen molar-refractivity contribution in [2.45, 2.75) is 26.7 Å². The number of ether oxygens (including phenoxy) is 1. The topological polar surface area (TPSA) is 64.3 Å². The fraction of sp³-hybridized carbons (Fsp3) is 0.500. The largest absolute Gasteiger partial charge is 0.490 e. The summed E-state index contributed by atoms with van der Waals surface area (Å²) in [4.78, 5) is 11.4. The first-order valence-corrected chi connectivity index (χ1v) is 6.33. The van der Waals surface area contributed by atoms with Crippen LogP contribution in [0.2, 0.25) is 0 Å². The lowest BCUT2D eigenvalue weighted by atomic mass is 10.1. The fourth-order valence-corrected chi connectivity index (χ4v) is 1.47. The van der Waals surface area contributed by atoms with Crippen LogP contribution in [0.15, 0.2) is 24.3 Å². The van der Waals surface area contributed by atoms with Gasteiger partial charge in [0.15, 0.2) is 0 Å². The minimum atomic E-state index is 0.0772. The Labute approximate surface area is 109 Å². The zero-order chi connectivity index (χ0) is 13.4. The molecular weight excluding hydrogens is 228 g/mol. The van der Waals surface area contributed by atoms with E-state index in [2.05, 4.69) is 19.2 Å². The predicted octanol–water partition coefficient (Wildman–Crippen LogP) is 2.20. The molecule has 100 valence electrons. The number of hydrogen-bond acceptors (Lipinski definition) is 3. The van der Waals surface area contributed by atoms with Crippen LogP contribution >= 0.6 is 0 Å². The molecular formula is C14H22N2O2. The van der Waals surface area contributed by atoms with Crippen molar-refractivity contribution >= 4 is 11.6 Å². The second-order valence-electron chi connectivity index (χ2n) is 4.67. The molecule has 4 nitrogen and oxygen atoms in total. The van der Waals surface area contributed by atoms with E-state index in [1.54, 1.807) is 6.07 Å². The molecule has 0 heterocycles. The average Bonchev–Trinajstić information content (AvgIpc) is 2.34. The quantitative estimate of drug-likeness (QED) is 0.576. The van der Waals surface area contributed by atoms with Gasteiger partial charge >= 0.3 is 0 Å². The van der Waals surface area contributed by atoms with Crippen molar-refractivity contribution < 1.29 is 9.53 Å². The zero-order valence-electron chi connectivity index (χ0n) is 11.1. The Bertz CT molecular complexity index is 378.